The second-order valence-corrected chi connectivity index (χ2v) is 8.84. The molecule has 1 fully saturated rings. The molecule has 2 aromatic carbocycles. The largest absolute Gasteiger partial charge is 0.472 e. The molecule has 0 radical (unpaired) electrons. The highest BCUT2D eigenvalue weighted by Gasteiger charge is 2.56. The maximum Gasteiger partial charge on any atom is 0.166 e. The lowest BCUT2D eigenvalue weighted by molar-refractivity contribution is 0.0244. The highest BCUT2D eigenvalue weighted by Crippen LogP contribution is 2.49. The van der Waals surface area contributed by atoms with Crippen LogP contribution >= 0.6 is 0 Å². The standard InChI is InChI=1S/C24H28FN3O/c1-15-5-7-18(12-23(15)29-24(27(3)4)13-16(24)2)28-10-9-19-20-11-17(25)6-8-21(20)26-22(19)14-28/h5-8,11-12,16,26H,9-10,13-14H2,1-4H3. The van der Waals surface area contributed by atoms with Gasteiger partial charge in [-0.15, -0.1) is 0 Å². The van der Waals surface area contributed by atoms with E-state index >= 15 is 0 Å². The summed E-state index contributed by atoms with van der Waals surface area (Å²) in [5, 5.41) is 1.02. The van der Waals surface area contributed by atoms with Crippen LogP contribution in [0.5, 0.6) is 5.75 Å². The van der Waals surface area contributed by atoms with Crippen LogP contribution in [0, 0.1) is 18.7 Å². The zero-order valence-corrected chi connectivity index (χ0v) is 17.6. The molecule has 0 bridgehead atoms. The van der Waals surface area contributed by atoms with Crippen LogP contribution in [-0.2, 0) is 13.0 Å². The van der Waals surface area contributed by atoms with E-state index in [-0.39, 0.29) is 11.5 Å². The van der Waals surface area contributed by atoms with E-state index in [0.717, 1.165) is 48.1 Å². The lowest BCUT2D eigenvalue weighted by atomic mass is 10.0. The molecule has 0 spiro atoms. The highest BCUT2D eigenvalue weighted by molar-refractivity contribution is 5.85. The molecule has 2 atom stereocenters. The zero-order valence-electron chi connectivity index (χ0n) is 17.6. The van der Waals surface area contributed by atoms with Gasteiger partial charge >= 0.3 is 0 Å². The molecule has 4 nitrogen and oxygen atoms in total. The maximum absolute atomic E-state index is 13.7. The van der Waals surface area contributed by atoms with Crippen molar-refractivity contribution in [2.45, 2.75) is 39.0 Å². The molecular weight excluding hydrogens is 365 g/mol. The number of rotatable bonds is 4. The number of halogens is 1. The number of ether oxygens (including phenoxy) is 1. The van der Waals surface area contributed by atoms with Gasteiger partial charge in [0, 0.05) is 47.2 Å². The van der Waals surface area contributed by atoms with E-state index in [1.54, 1.807) is 6.07 Å². The summed E-state index contributed by atoms with van der Waals surface area (Å²) in [7, 11) is 4.18. The van der Waals surface area contributed by atoms with Gasteiger partial charge in [-0.1, -0.05) is 13.0 Å². The van der Waals surface area contributed by atoms with Gasteiger partial charge in [-0.2, -0.15) is 0 Å². The summed E-state index contributed by atoms with van der Waals surface area (Å²) in [4.78, 5) is 8.06. The van der Waals surface area contributed by atoms with Gasteiger partial charge in [0.25, 0.3) is 0 Å². The Labute approximate surface area is 171 Å². The van der Waals surface area contributed by atoms with Crippen LogP contribution in [0.15, 0.2) is 36.4 Å². The van der Waals surface area contributed by atoms with E-state index in [1.807, 2.05) is 6.07 Å². The van der Waals surface area contributed by atoms with Crippen molar-refractivity contribution in [3.8, 4) is 5.75 Å². The van der Waals surface area contributed by atoms with Crippen LogP contribution in [0.2, 0.25) is 0 Å². The Morgan fingerprint density at radius 3 is 2.72 bits per heavy atom. The van der Waals surface area contributed by atoms with Gasteiger partial charge < -0.3 is 14.6 Å². The highest BCUT2D eigenvalue weighted by atomic mass is 19.1. The quantitative estimate of drug-likeness (QED) is 0.643. The van der Waals surface area contributed by atoms with E-state index < -0.39 is 0 Å². The van der Waals surface area contributed by atoms with Crippen molar-refractivity contribution < 1.29 is 9.13 Å². The normalized spacial score (nSPS) is 23.5. The minimum atomic E-state index is -0.181. The Morgan fingerprint density at radius 1 is 1.21 bits per heavy atom. The number of fused-ring (bicyclic) bond motifs is 3. The van der Waals surface area contributed by atoms with E-state index in [2.05, 4.69) is 60.9 Å². The molecule has 1 saturated carbocycles. The third-order valence-electron chi connectivity index (χ3n) is 6.73. The fraction of sp³-hybridized carbons (Fsp3) is 0.417. The van der Waals surface area contributed by atoms with Crippen LogP contribution in [0.25, 0.3) is 10.9 Å². The second-order valence-electron chi connectivity index (χ2n) is 8.84. The first-order valence-electron chi connectivity index (χ1n) is 10.4. The van der Waals surface area contributed by atoms with Crippen molar-refractivity contribution in [3.05, 3.63) is 59.0 Å². The van der Waals surface area contributed by atoms with Crippen molar-refractivity contribution in [3.63, 3.8) is 0 Å². The lowest BCUT2D eigenvalue weighted by Crippen LogP contribution is -2.38. The number of hydrogen-bond acceptors (Lipinski definition) is 3. The number of nitrogens with zero attached hydrogens (tertiary/aromatic N) is 2. The lowest BCUT2D eigenvalue weighted by Gasteiger charge is -2.31. The average molecular weight is 394 g/mol. The number of aromatic amines is 1. The first-order chi connectivity index (χ1) is 13.9. The number of benzene rings is 2. The van der Waals surface area contributed by atoms with Crippen LogP contribution in [0.1, 0.15) is 30.2 Å². The molecule has 1 aliphatic heterocycles. The zero-order chi connectivity index (χ0) is 20.3. The summed E-state index contributed by atoms with van der Waals surface area (Å²) in [6.07, 6.45) is 1.96. The Kier molecular flexibility index (Phi) is 4.14. The maximum atomic E-state index is 13.7. The number of anilines is 1. The second kappa shape index (κ2) is 6.49. The van der Waals surface area contributed by atoms with Gasteiger partial charge in [-0.05, 0) is 62.8 Å². The molecule has 5 rings (SSSR count). The Morgan fingerprint density at radius 2 is 2.00 bits per heavy atom. The molecule has 1 aromatic heterocycles. The van der Waals surface area contributed by atoms with E-state index in [4.69, 9.17) is 4.74 Å². The number of aromatic nitrogens is 1. The van der Waals surface area contributed by atoms with Gasteiger partial charge in [-0.3, -0.25) is 4.90 Å². The molecule has 152 valence electrons. The fourth-order valence-corrected chi connectivity index (χ4v) is 4.76. The molecule has 1 aliphatic carbocycles. The Bertz CT molecular complexity index is 1090. The molecule has 29 heavy (non-hydrogen) atoms. The van der Waals surface area contributed by atoms with E-state index in [1.165, 1.54) is 23.0 Å². The van der Waals surface area contributed by atoms with Crippen LogP contribution in [0.3, 0.4) is 0 Å². The fourth-order valence-electron chi connectivity index (χ4n) is 4.76. The Balaban J connectivity index is 1.43. The molecule has 3 aromatic rings. The molecule has 2 unspecified atom stereocenters. The third kappa shape index (κ3) is 2.99. The first kappa shape index (κ1) is 18.5. The van der Waals surface area contributed by atoms with Crippen molar-refractivity contribution in [2.24, 2.45) is 5.92 Å². The van der Waals surface area contributed by atoms with Gasteiger partial charge in [-0.25, -0.2) is 4.39 Å². The summed E-state index contributed by atoms with van der Waals surface area (Å²) in [5.74, 6) is 1.32. The van der Waals surface area contributed by atoms with Gasteiger partial charge in [0.2, 0.25) is 0 Å². The van der Waals surface area contributed by atoms with Crippen LogP contribution in [0.4, 0.5) is 10.1 Å². The van der Waals surface area contributed by atoms with Gasteiger partial charge in [0.1, 0.15) is 11.6 Å². The van der Waals surface area contributed by atoms with Crippen molar-refractivity contribution in [1.29, 1.82) is 0 Å². The summed E-state index contributed by atoms with van der Waals surface area (Å²) < 4.78 is 20.2. The number of H-pyrrole nitrogens is 1. The molecule has 1 N–H and O–H groups in total. The third-order valence-corrected chi connectivity index (χ3v) is 6.73. The van der Waals surface area contributed by atoms with Crippen molar-refractivity contribution in [2.75, 3.05) is 25.5 Å². The molecule has 2 aliphatic rings. The number of nitrogens with one attached hydrogen (secondary N) is 1. The summed E-state index contributed by atoms with van der Waals surface area (Å²) >= 11 is 0. The predicted molar refractivity (Wildman–Crippen MR) is 115 cm³/mol. The van der Waals surface area contributed by atoms with E-state index in [0.29, 0.717) is 5.92 Å². The number of hydrogen-bond donors (Lipinski definition) is 1. The average Bonchev–Trinajstić information content (AvgIpc) is 3.21. The number of aryl methyl sites for hydroxylation is 1. The minimum Gasteiger partial charge on any atom is -0.472 e. The smallest absolute Gasteiger partial charge is 0.166 e. The van der Waals surface area contributed by atoms with Gasteiger partial charge in [0.15, 0.2) is 5.72 Å². The molecule has 0 amide bonds. The monoisotopic (exact) mass is 393 g/mol. The van der Waals surface area contributed by atoms with E-state index in [9.17, 15) is 4.39 Å². The summed E-state index contributed by atoms with van der Waals surface area (Å²) in [6, 6.07) is 11.5. The first-order valence-corrected chi connectivity index (χ1v) is 10.4. The van der Waals surface area contributed by atoms with Crippen LogP contribution < -0.4 is 9.64 Å². The van der Waals surface area contributed by atoms with Crippen LogP contribution in [-0.4, -0.2) is 36.2 Å². The van der Waals surface area contributed by atoms with Gasteiger partial charge in [0.05, 0.1) is 6.54 Å². The van der Waals surface area contributed by atoms with Crippen molar-refractivity contribution in [1.82, 2.24) is 9.88 Å². The molecular formula is C24H28FN3O. The van der Waals surface area contributed by atoms with Crippen molar-refractivity contribution >= 4 is 16.6 Å². The minimum absolute atomic E-state index is 0.175. The molecule has 5 heteroatoms. The SMILES string of the molecule is Cc1ccc(N2CCc3c([nH]c4ccc(F)cc34)C2)cc1OC1(N(C)C)CC1C. The molecule has 2 heterocycles. The predicted octanol–water partition coefficient (Wildman–Crippen LogP) is 4.85. The summed E-state index contributed by atoms with van der Waals surface area (Å²) in [6.45, 7) is 6.05. The molecule has 0 saturated heterocycles. The Hall–Kier alpha value is -2.53. The summed E-state index contributed by atoms with van der Waals surface area (Å²) in [5.41, 5.74) is 5.59. The topological polar surface area (TPSA) is 31.5 Å².